The van der Waals surface area contributed by atoms with Gasteiger partial charge in [0.05, 0.1) is 4.21 Å². The van der Waals surface area contributed by atoms with Gasteiger partial charge in [0.25, 0.3) is 11.8 Å². The Morgan fingerprint density at radius 3 is 2.56 bits per heavy atom. The van der Waals surface area contributed by atoms with Crippen LogP contribution in [-0.4, -0.2) is 37.4 Å². The van der Waals surface area contributed by atoms with E-state index in [9.17, 15) is 9.59 Å². The maximum absolute atomic E-state index is 13.0. The van der Waals surface area contributed by atoms with Gasteiger partial charge < -0.3 is 19.4 Å². The Morgan fingerprint density at radius 1 is 1.06 bits per heavy atom. The molecule has 0 saturated heterocycles. The van der Waals surface area contributed by atoms with E-state index in [-0.39, 0.29) is 18.4 Å². The summed E-state index contributed by atoms with van der Waals surface area (Å²) >= 11 is 3.35. The molecule has 0 unspecified atom stereocenters. The van der Waals surface area contributed by atoms with Crippen LogP contribution in [0.25, 0.3) is 11.0 Å². The molecule has 1 N–H and O–H groups in total. The highest BCUT2D eigenvalue weighted by Crippen LogP contribution is 2.34. The molecular weight excluding hydrogens is 444 g/mol. The third-order valence-electron chi connectivity index (χ3n) is 4.73. The Bertz CT molecular complexity index is 1210. The van der Waals surface area contributed by atoms with Crippen molar-refractivity contribution >= 4 is 51.6 Å². The molecule has 164 valence electrons. The molecule has 2 heterocycles. The van der Waals surface area contributed by atoms with Gasteiger partial charge in [0.2, 0.25) is 0 Å². The zero-order valence-corrected chi connectivity index (χ0v) is 19.3. The molecule has 0 aliphatic heterocycles. The molecule has 0 aliphatic carbocycles. The molecule has 4 rings (SSSR count). The van der Waals surface area contributed by atoms with Gasteiger partial charge in [-0.1, -0.05) is 24.3 Å². The summed E-state index contributed by atoms with van der Waals surface area (Å²) in [5.41, 5.74) is 2.17. The van der Waals surface area contributed by atoms with Crippen molar-refractivity contribution in [2.75, 3.05) is 26.0 Å². The Labute approximate surface area is 194 Å². The molecule has 0 fully saturated rings. The van der Waals surface area contributed by atoms with Gasteiger partial charge in [-0.25, -0.2) is 0 Å². The van der Waals surface area contributed by atoms with Crippen LogP contribution in [0.3, 0.4) is 0 Å². The molecule has 2 amide bonds. The van der Waals surface area contributed by atoms with E-state index in [0.717, 1.165) is 10.9 Å². The van der Waals surface area contributed by atoms with Crippen molar-refractivity contribution in [3.8, 4) is 5.75 Å². The van der Waals surface area contributed by atoms with Crippen molar-refractivity contribution in [3.63, 3.8) is 0 Å². The highest BCUT2D eigenvalue weighted by molar-refractivity contribution is 8.00. The Hall–Kier alpha value is -3.23. The summed E-state index contributed by atoms with van der Waals surface area (Å²) in [6, 6.07) is 18.6. The summed E-state index contributed by atoms with van der Waals surface area (Å²) in [5.74, 6) is 1.06. The first-order chi connectivity index (χ1) is 15.5. The van der Waals surface area contributed by atoms with Gasteiger partial charge in [0.15, 0.2) is 12.4 Å². The maximum Gasteiger partial charge on any atom is 0.291 e. The molecule has 0 radical (unpaired) electrons. The summed E-state index contributed by atoms with van der Waals surface area (Å²) in [5, 5.41) is 5.87. The predicted octanol–water partition coefficient (Wildman–Crippen LogP) is 5.51. The summed E-state index contributed by atoms with van der Waals surface area (Å²) in [6.45, 7) is -0.0387. The normalized spacial score (nSPS) is 10.8. The molecule has 8 heteroatoms. The van der Waals surface area contributed by atoms with Gasteiger partial charge in [-0.15, -0.1) is 23.1 Å². The van der Waals surface area contributed by atoms with E-state index in [1.54, 1.807) is 61.5 Å². The van der Waals surface area contributed by atoms with Gasteiger partial charge in [-0.2, -0.15) is 0 Å². The molecule has 6 nitrogen and oxygen atoms in total. The second-order valence-corrected chi connectivity index (χ2v) is 9.41. The zero-order valence-electron chi connectivity index (χ0n) is 17.7. The van der Waals surface area contributed by atoms with Gasteiger partial charge >= 0.3 is 0 Å². The lowest BCUT2D eigenvalue weighted by Gasteiger charge is -2.11. The molecule has 0 atom stereocenters. The number of ether oxygens (including phenoxy) is 1. The van der Waals surface area contributed by atoms with Crippen molar-refractivity contribution in [3.05, 3.63) is 77.4 Å². The monoisotopic (exact) mass is 466 g/mol. The largest absolute Gasteiger partial charge is 0.484 e. The standard InChI is InChI=1S/C24H22N2O4S2/c1-26(2)21(27)14-29-17-11-9-16(10-12-17)25-24(28)23-19(15-32-22-8-5-13-31-22)18-6-3-4-7-20(18)30-23/h3-13H,14-15H2,1-2H3,(H,25,28). The van der Waals surface area contributed by atoms with Crippen LogP contribution in [0.15, 0.2) is 74.7 Å². The van der Waals surface area contributed by atoms with Crippen LogP contribution in [0.4, 0.5) is 5.69 Å². The van der Waals surface area contributed by atoms with E-state index in [4.69, 9.17) is 9.15 Å². The minimum atomic E-state index is -0.306. The van der Waals surface area contributed by atoms with E-state index >= 15 is 0 Å². The van der Waals surface area contributed by atoms with Gasteiger partial charge in [-0.3, -0.25) is 9.59 Å². The number of hydrogen-bond acceptors (Lipinski definition) is 6. The lowest BCUT2D eigenvalue weighted by atomic mass is 10.1. The fourth-order valence-electron chi connectivity index (χ4n) is 3.01. The first kappa shape index (κ1) is 22.0. The number of thiophene rings is 1. The number of rotatable bonds is 8. The van der Waals surface area contributed by atoms with Crippen molar-refractivity contribution in [1.82, 2.24) is 4.90 Å². The molecule has 32 heavy (non-hydrogen) atoms. The number of likely N-dealkylation sites (N-methyl/N-ethyl adjacent to an activating group) is 1. The minimum Gasteiger partial charge on any atom is -0.484 e. The molecule has 4 aromatic rings. The number of nitrogens with one attached hydrogen (secondary N) is 1. The van der Waals surface area contributed by atoms with Crippen molar-refractivity contribution in [2.45, 2.75) is 9.96 Å². The number of nitrogens with zero attached hydrogens (tertiary/aromatic N) is 1. The summed E-state index contributed by atoms with van der Waals surface area (Å²) < 4.78 is 12.6. The van der Waals surface area contributed by atoms with E-state index in [1.807, 2.05) is 35.7 Å². The first-order valence-electron chi connectivity index (χ1n) is 9.92. The number of fused-ring (bicyclic) bond motifs is 1. The number of carbonyl (C=O) groups excluding carboxylic acids is 2. The first-order valence-corrected chi connectivity index (χ1v) is 11.8. The van der Waals surface area contributed by atoms with Crippen LogP contribution in [0.5, 0.6) is 5.75 Å². The number of furan rings is 1. The number of amides is 2. The minimum absolute atomic E-state index is 0.0387. The van der Waals surface area contributed by atoms with Gasteiger partial charge in [0.1, 0.15) is 11.3 Å². The molecule has 0 aliphatic rings. The van der Waals surface area contributed by atoms with Crippen LogP contribution in [0.1, 0.15) is 16.1 Å². The third-order valence-corrected chi connectivity index (χ3v) is 6.89. The summed E-state index contributed by atoms with van der Waals surface area (Å²) in [7, 11) is 3.35. The van der Waals surface area contributed by atoms with E-state index in [2.05, 4.69) is 11.4 Å². The zero-order chi connectivity index (χ0) is 22.5. The van der Waals surface area contributed by atoms with Crippen molar-refractivity contribution in [1.29, 1.82) is 0 Å². The number of hydrogen-bond donors (Lipinski definition) is 1. The van der Waals surface area contributed by atoms with Crippen LogP contribution >= 0.6 is 23.1 Å². The third kappa shape index (κ3) is 5.15. The van der Waals surface area contributed by atoms with E-state index < -0.39 is 0 Å². The highest BCUT2D eigenvalue weighted by Gasteiger charge is 2.21. The topological polar surface area (TPSA) is 71.8 Å². The average Bonchev–Trinajstić information content (AvgIpc) is 3.44. The SMILES string of the molecule is CN(C)C(=O)COc1ccc(NC(=O)c2oc3ccccc3c2CSc2cccs2)cc1. The van der Waals surface area contributed by atoms with Gasteiger partial charge in [0, 0.05) is 36.5 Å². The van der Waals surface area contributed by atoms with Crippen molar-refractivity contribution < 1.29 is 18.7 Å². The second kappa shape index (κ2) is 9.93. The van der Waals surface area contributed by atoms with Crippen LogP contribution in [-0.2, 0) is 10.5 Å². The Kier molecular flexibility index (Phi) is 6.82. The molecule has 2 aromatic carbocycles. The number of para-hydroxylation sites is 1. The van der Waals surface area contributed by atoms with E-state index in [0.29, 0.717) is 28.5 Å². The number of benzene rings is 2. The molecule has 0 spiro atoms. The summed E-state index contributed by atoms with van der Waals surface area (Å²) in [6.07, 6.45) is 0. The van der Waals surface area contributed by atoms with Crippen LogP contribution < -0.4 is 10.1 Å². The van der Waals surface area contributed by atoms with Crippen LogP contribution in [0, 0.1) is 0 Å². The van der Waals surface area contributed by atoms with Crippen molar-refractivity contribution in [2.24, 2.45) is 0 Å². The highest BCUT2D eigenvalue weighted by atomic mass is 32.2. The maximum atomic E-state index is 13.0. The fourth-order valence-corrected chi connectivity index (χ4v) is 4.82. The molecule has 0 saturated carbocycles. The number of carbonyl (C=O) groups is 2. The van der Waals surface area contributed by atoms with Gasteiger partial charge in [-0.05, 0) is 41.8 Å². The molecule has 0 bridgehead atoms. The predicted molar refractivity (Wildman–Crippen MR) is 129 cm³/mol. The quantitative estimate of drug-likeness (QED) is 0.347. The smallest absolute Gasteiger partial charge is 0.291 e. The van der Waals surface area contributed by atoms with E-state index in [1.165, 1.54) is 9.11 Å². The molecular formula is C24H22N2O4S2. The second-order valence-electron chi connectivity index (χ2n) is 7.18. The van der Waals surface area contributed by atoms with Crippen LogP contribution in [0.2, 0.25) is 0 Å². The average molecular weight is 467 g/mol. The molecule has 2 aromatic heterocycles. The lowest BCUT2D eigenvalue weighted by molar-refractivity contribution is -0.130. The Morgan fingerprint density at radius 2 is 1.84 bits per heavy atom. The summed E-state index contributed by atoms with van der Waals surface area (Å²) in [4.78, 5) is 26.2. The fraction of sp³-hybridized carbons (Fsp3) is 0.167. The Balaban J connectivity index is 1.48. The number of anilines is 1. The number of thioether (sulfide) groups is 1. The lowest BCUT2D eigenvalue weighted by Crippen LogP contribution is -2.27.